The van der Waals surface area contributed by atoms with Gasteiger partial charge in [0.15, 0.2) is 0 Å². The maximum atomic E-state index is 11.6. The molecule has 0 bridgehead atoms. The Bertz CT molecular complexity index is 335. The first-order chi connectivity index (χ1) is 8.13. The molecule has 0 fully saturated rings. The minimum Gasteiger partial charge on any atom is -0.371 e. The number of anilines is 1. The van der Waals surface area contributed by atoms with E-state index in [1.165, 1.54) is 5.69 Å². The molecule has 0 radical (unpaired) electrons. The Labute approximate surface area is 104 Å². The second-order valence-corrected chi connectivity index (χ2v) is 4.39. The average Bonchev–Trinajstić information content (AvgIpc) is 2.30. The minimum absolute atomic E-state index is 0.120. The molecule has 0 unspecified atom stereocenters. The van der Waals surface area contributed by atoms with Crippen molar-refractivity contribution in [1.82, 2.24) is 5.32 Å². The van der Waals surface area contributed by atoms with E-state index < -0.39 is 0 Å². The number of amides is 1. The fourth-order valence-electron chi connectivity index (χ4n) is 1.74. The summed E-state index contributed by atoms with van der Waals surface area (Å²) >= 11 is 0. The molecule has 1 aromatic carbocycles. The molecule has 0 aliphatic carbocycles. The van der Waals surface area contributed by atoms with Gasteiger partial charge in [0.25, 0.3) is 0 Å². The van der Waals surface area contributed by atoms with Crippen LogP contribution in [0, 0.1) is 0 Å². The van der Waals surface area contributed by atoms with Gasteiger partial charge in [-0.2, -0.15) is 0 Å². The molecular formula is C14H22N2O. The third-order valence-electron chi connectivity index (χ3n) is 2.56. The Kier molecular flexibility index (Phi) is 5.53. The van der Waals surface area contributed by atoms with Crippen LogP contribution in [0.4, 0.5) is 5.69 Å². The Balaban J connectivity index is 2.46. The molecule has 0 saturated carbocycles. The van der Waals surface area contributed by atoms with Gasteiger partial charge in [-0.25, -0.2) is 0 Å². The van der Waals surface area contributed by atoms with E-state index in [0.29, 0.717) is 6.42 Å². The smallest absolute Gasteiger partial charge is 0.221 e. The normalized spacial score (nSPS) is 10.4. The van der Waals surface area contributed by atoms with Crippen LogP contribution in [0.5, 0.6) is 0 Å². The molecule has 0 spiro atoms. The molecule has 3 heteroatoms. The number of nitrogens with zero attached hydrogens (tertiary/aromatic N) is 1. The van der Waals surface area contributed by atoms with Crippen LogP contribution in [0.15, 0.2) is 30.3 Å². The van der Waals surface area contributed by atoms with Crippen LogP contribution >= 0.6 is 0 Å². The van der Waals surface area contributed by atoms with E-state index in [0.717, 1.165) is 13.1 Å². The molecule has 0 aliphatic rings. The van der Waals surface area contributed by atoms with E-state index in [2.05, 4.69) is 29.3 Å². The molecule has 1 aromatic rings. The molecule has 0 aromatic heterocycles. The Morgan fingerprint density at radius 1 is 1.29 bits per heavy atom. The van der Waals surface area contributed by atoms with Gasteiger partial charge in [0, 0.05) is 31.2 Å². The van der Waals surface area contributed by atoms with E-state index in [1.807, 2.05) is 32.0 Å². The summed E-state index contributed by atoms with van der Waals surface area (Å²) in [5.74, 6) is 0.120. The molecule has 0 heterocycles. The van der Waals surface area contributed by atoms with Crippen molar-refractivity contribution < 1.29 is 4.79 Å². The van der Waals surface area contributed by atoms with Crippen molar-refractivity contribution in [1.29, 1.82) is 0 Å². The third-order valence-corrected chi connectivity index (χ3v) is 2.56. The average molecular weight is 234 g/mol. The summed E-state index contributed by atoms with van der Waals surface area (Å²) in [4.78, 5) is 13.8. The quantitative estimate of drug-likeness (QED) is 0.820. The van der Waals surface area contributed by atoms with Crippen LogP contribution in [0.2, 0.25) is 0 Å². The molecule has 0 aliphatic heterocycles. The highest BCUT2D eigenvalue weighted by molar-refractivity contribution is 5.76. The largest absolute Gasteiger partial charge is 0.371 e. The Morgan fingerprint density at radius 2 is 1.94 bits per heavy atom. The number of benzene rings is 1. The van der Waals surface area contributed by atoms with Gasteiger partial charge < -0.3 is 10.2 Å². The summed E-state index contributed by atoms with van der Waals surface area (Å²) in [6, 6.07) is 10.4. The summed E-state index contributed by atoms with van der Waals surface area (Å²) in [6.45, 7) is 7.74. The van der Waals surface area contributed by atoms with Crippen molar-refractivity contribution >= 4 is 11.6 Å². The molecule has 3 nitrogen and oxygen atoms in total. The number of hydrogen-bond donors (Lipinski definition) is 1. The lowest BCUT2D eigenvalue weighted by Gasteiger charge is -2.23. The van der Waals surface area contributed by atoms with Gasteiger partial charge in [0.2, 0.25) is 5.91 Å². The molecule has 17 heavy (non-hydrogen) atoms. The second kappa shape index (κ2) is 6.94. The first-order valence-corrected chi connectivity index (χ1v) is 6.22. The predicted molar refractivity (Wildman–Crippen MR) is 72.2 cm³/mol. The van der Waals surface area contributed by atoms with Crippen molar-refractivity contribution in [3.8, 4) is 0 Å². The number of rotatable bonds is 6. The van der Waals surface area contributed by atoms with Gasteiger partial charge in [0.1, 0.15) is 0 Å². The topological polar surface area (TPSA) is 32.3 Å². The van der Waals surface area contributed by atoms with Gasteiger partial charge >= 0.3 is 0 Å². The van der Waals surface area contributed by atoms with Gasteiger partial charge in [-0.05, 0) is 32.9 Å². The van der Waals surface area contributed by atoms with Crippen molar-refractivity contribution in [3.63, 3.8) is 0 Å². The van der Waals surface area contributed by atoms with Crippen LogP contribution in [0.1, 0.15) is 27.2 Å². The van der Waals surface area contributed by atoms with E-state index in [-0.39, 0.29) is 11.9 Å². The number of carbonyl (C=O) groups excluding carboxylic acids is 1. The van der Waals surface area contributed by atoms with Gasteiger partial charge in [-0.1, -0.05) is 18.2 Å². The van der Waals surface area contributed by atoms with Crippen LogP contribution < -0.4 is 10.2 Å². The first kappa shape index (κ1) is 13.6. The minimum atomic E-state index is 0.120. The fourth-order valence-corrected chi connectivity index (χ4v) is 1.74. The van der Waals surface area contributed by atoms with E-state index in [4.69, 9.17) is 0 Å². The van der Waals surface area contributed by atoms with Crippen LogP contribution in [0.25, 0.3) is 0 Å². The monoisotopic (exact) mass is 234 g/mol. The van der Waals surface area contributed by atoms with Gasteiger partial charge in [-0.15, -0.1) is 0 Å². The SMILES string of the molecule is CCN(CCC(=O)NC(C)C)c1ccccc1. The second-order valence-electron chi connectivity index (χ2n) is 4.39. The first-order valence-electron chi connectivity index (χ1n) is 6.22. The van der Waals surface area contributed by atoms with Gasteiger partial charge in [-0.3, -0.25) is 4.79 Å². The van der Waals surface area contributed by atoms with E-state index >= 15 is 0 Å². The Hall–Kier alpha value is -1.51. The molecule has 0 saturated heterocycles. The Morgan fingerprint density at radius 3 is 2.47 bits per heavy atom. The lowest BCUT2D eigenvalue weighted by Crippen LogP contribution is -2.34. The van der Waals surface area contributed by atoms with Crippen molar-refractivity contribution in [2.45, 2.75) is 33.2 Å². The zero-order chi connectivity index (χ0) is 12.7. The zero-order valence-corrected chi connectivity index (χ0v) is 10.9. The van der Waals surface area contributed by atoms with Crippen molar-refractivity contribution in [2.75, 3.05) is 18.0 Å². The van der Waals surface area contributed by atoms with Crippen LogP contribution in [0.3, 0.4) is 0 Å². The molecular weight excluding hydrogens is 212 g/mol. The molecule has 1 amide bonds. The highest BCUT2D eigenvalue weighted by Crippen LogP contribution is 2.12. The molecule has 94 valence electrons. The molecule has 0 atom stereocenters. The predicted octanol–water partition coefficient (Wildman–Crippen LogP) is 2.43. The van der Waals surface area contributed by atoms with Gasteiger partial charge in [0.05, 0.1) is 0 Å². The highest BCUT2D eigenvalue weighted by Gasteiger charge is 2.07. The summed E-state index contributed by atoms with van der Waals surface area (Å²) in [6.07, 6.45) is 0.543. The summed E-state index contributed by atoms with van der Waals surface area (Å²) < 4.78 is 0. The van der Waals surface area contributed by atoms with Crippen molar-refractivity contribution in [2.24, 2.45) is 0 Å². The summed E-state index contributed by atoms with van der Waals surface area (Å²) in [7, 11) is 0. The maximum absolute atomic E-state index is 11.6. The number of nitrogens with one attached hydrogen (secondary N) is 1. The zero-order valence-electron chi connectivity index (χ0n) is 10.9. The molecule has 1 rings (SSSR count). The summed E-state index contributed by atoms with van der Waals surface area (Å²) in [5, 5.41) is 2.91. The maximum Gasteiger partial charge on any atom is 0.221 e. The molecule has 1 N–H and O–H groups in total. The highest BCUT2D eigenvalue weighted by atomic mass is 16.1. The number of para-hydroxylation sites is 1. The number of carbonyl (C=O) groups is 1. The van der Waals surface area contributed by atoms with Crippen LogP contribution in [-0.4, -0.2) is 25.0 Å². The lowest BCUT2D eigenvalue weighted by atomic mass is 10.2. The van der Waals surface area contributed by atoms with Crippen LogP contribution in [-0.2, 0) is 4.79 Å². The fraction of sp³-hybridized carbons (Fsp3) is 0.500. The lowest BCUT2D eigenvalue weighted by molar-refractivity contribution is -0.121. The van der Waals surface area contributed by atoms with E-state index in [9.17, 15) is 4.79 Å². The standard InChI is InChI=1S/C14H22N2O/c1-4-16(13-8-6-5-7-9-13)11-10-14(17)15-12(2)3/h5-9,12H,4,10-11H2,1-3H3,(H,15,17). The number of hydrogen-bond acceptors (Lipinski definition) is 2. The van der Waals surface area contributed by atoms with E-state index in [1.54, 1.807) is 0 Å². The third kappa shape index (κ3) is 4.89. The summed E-state index contributed by atoms with van der Waals surface area (Å²) in [5.41, 5.74) is 1.17. The van der Waals surface area contributed by atoms with Crippen molar-refractivity contribution in [3.05, 3.63) is 30.3 Å².